The Morgan fingerprint density at radius 1 is 1.50 bits per heavy atom. The molecule has 0 fully saturated rings. The predicted octanol–water partition coefficient (Wildman–Crippen LogP) is 2.01. The Morgan fingerprint density at radius 2 is 2.22 bits per heavy atom. The van der Waals surface area contributed by atoms with Gasteiger partial charge < -0.3 is 9.63 Å². The largest absolute Gasteiger partial charge is 0.384 e. The number of aliphatic hydroxyl groups excluding tert-OH is 1. The standard InChI is InChI=1S/C11H11N3O4/c1-6-3-4-8(14(16)17)5-9(6)10-12-11(7(2)15)18-13-10/h3-5,7,15H,1-2H3. The first kappa shape index (κ1) is 12.2. The van der Waals surface area contributed by atoms with Crippen LogP contribution in [0, 0.1) is 17.0 Å². The first-order valence-corrected chi connectivity index (χ1v) is 5.26. The number of aliphatic hydroxyl groups is 1. The zero-order valence-electron chi connectivity index (χ0n) is 9.82. The molecule has 1 aromatic heterocycles. The van der Waals surface area contributed by atoms with Gasteiger partial charge in [0.1, 0.15) is 6.10 Å². The predicted molar refractivity (Wildman–Crippen MR) is 61.8 cm³/mol. The third-order valence-corrected chi connectivity index (χ3v) is 2.47. The van der Waals surface area contributed by atoms with Crippen LogP contribution in [0.1, 0.15) is 24.5 Å². The van der Waals surface area contributed by atoms with Crippen molar-refractivity contribution in [2.24, 2.45) is 0 Å². The molecule has 0 aliphatic heterocycles. The highest BCUT2D eigenvalue weighted by molar-refractivity contribution is 5.63. The van der Waals surface area contributed by atoms with Crippen molar-refractivity contribution in [2.45, 2.75) is 20.0 Å². The van der Waals surface area contributed by atoms with E-state index in [1.165, 1.54) is 19.1 Å². The lowest BCUT2D eigenvalue weighted by Gasteiger charge is -2.00. The Kier molecular flexibility index (Phi) is 3.07. The summed E-state index contributed by atoms with van der Waals surface area (Å²) in [6.07, 6.45) is -0.870. The third-order valence-electron chi connectivity index (χ3n) is 2.47. The number of nitro benzene ring substituents is 1. The van der Waals surface area contributed by atoms with E-state index >= 15 is 0 Å². The van der Waals surface area contributed by atoms with Crippen molar-refractivity contribution in [3.63, 3.8) is 0 Å². The summed E-state index contributed by atoms with van der Waals surface area (Å²) in [4.78, 5) is 14.2. The molecule has 1 aromatic carbocycles. The average Bonchev–Trinajstić information content (AvgIpc) is 2.78. The van der Waals surface area contributed by atoms with Crippen LogP contribution in [0.25, 0.3) is 11.4 Å². The molecule has 94 valence electrons. The summed E-state index contributed by atoms with van der Waals surface area (Å²) in [5, 5.41) is 23.7. The van der Waals surface area contributed by atoms with Crippen LogP contribution in [0.15, 0.2) is 22.7 Å². The maximum Gasteiger partial charge on any atom is 0.270 e. The lowest BCUT2D eigenvalue weighted by molar-refractivity contribution is -0.384. The van der Waals surface area contributed by atoms with E-state index in [0.29, 0.717) is 5.56 Å². The lowest BCUT2D eigenvalue weighted by Crippen LogP contribution is -1.93. The molecule has 7 heteroatoms. The van der Waals surface area contributed by atoms with Crippen LogP contribution >= 0.6 is 0 Å². The zero-order chi connectivity index (χ0) is 13.3. The molecule has 0 spiro atoms. The van der Waals surface area contributed by atoms with Gasteiger partial charge in [0, 0.05) is 17.7 Å². The second-order valence-electron chi connectivity index (χ2n) is 3.89. The number of hydrogen-bond acceptors (Lipinski definition) is 6. The number of rotatable bonds is 3. The van der Waals surface area contributed by atoms with Gasteiger partial charge in [0.25, 0.3) is 11.6 Å². The number of benzene rings is 1. The van der Waals surface area contributed by atoms with Gasteiger partial charge in [0.15, 0.2) is 0 Å². The van der Waals surface area contributed by atoms with Gasteiger partial charge in [-0.3, -0.25) is 10.1 Å². The first-order chi connectivity index (χ1) is 8.49. The summed E-state index contributed by atoms with van der Waals surface area (Å²) in [6, 6.07) is 4.41. The molecule has 1 unspecified atom stereocenters. The maximum atomic E-state index is 10.7. The van der Waals surface area contributed by atoms with Crippen LogP contribution in [0.4, 0.5) is 5.69 Å². The van der Waals surface area contributed by atoms with Crippen LogP contribution in [-0.2, 0) is 0 Å². The Labute approximate surface area is 102 Å². The summed E-state index contributed by atoms with van der Waals surface area (Å²) < 4.78 is 4.85. The molecule has 0 aliphatic carbocycles. The van der Waals surface area contributed by atoms with Crippen molar-refractivity contribution < 1.29 is 14.6 Å². The number of nitro groups is 1. The molecule has 0 bridgehead atoms. The fourth-order valence-electron chi connectivity index (χ4n) is 1.48. The SMILES string of the molecule is Cc1ccc([N+](=O)[O-])cc1-c1noc(C(C)O)n1. The van der Waals surface area contributed by atoms with Crippen molar-refractivity contribution in [3.8, 4) is 11.4 Å². The Morgan fingerprint density at radius 3 is 2.78 bits per heavy atom. The molecule has 2 aromatic rings. The van der Waals surface area contributed by atoms with E-state index in [-0.39, 0.29) is 17.4 Å². The summed E-state index contributed by atoms with van der Waals surface area (Å²) in [5.41, 5.74) is 1.26. The highest BCUT2D eigenvalue weighted by atomic mass is 16.6. The van der Waals surface area contributed by atoms with Gasteiger partial charge in [-0.15, -0.1) is 0 Å². The molecule has 0 aliphatic rings. The van der Waals surface area contributed by atoms with Gasteiger partial charge in [-0.05, 0) is 19.4 Å². The van der Waals surface area contributed by atoms with Crippen LogP contribution in [0.3, 0.4) is 0 Å². The monoisotopic (exact) mass is 249 g/mol. The van der Waals surface area contributed by atoms with Gasteiger partial charge >= 0.3 is 0 Å². The van der Waals surface area contributed by atoms with Crippen molar-refractivity contribution in [2.75, 3.05) is 0 Å². The second kappa shape index (κ2) is 4.53. The molecular formula is C11H11N3O4. The third kappa shape index (κ3) is 2.21. The highest BCUT2D eigenvalue weighted by Crippen LogP contribution is 2.26. The van der Waals surface area contributed by atoms with Gasteiger partial charge in [0.05, 0.1) is 4.92 Å². The quantitative estimate of drug-likeness (QED) is 0.659. The molecule has 0 saturated heterocycles. The van der Waals surface area contributed by atoms with Crippen LogP contribution in [0.2, 0.25) is 0 Å². The van der Waals surface area contributed by atoms with E-state index in [4.69, 9.17) is 4.52 Å². The van der Waals surface area contributed by atoms with Crippen molar-refractivity contribution in [1.29, 1.82) is 0 Å². The van der Waals surface area contributed by atoms with E-state index in [9.17, 15) is 15.2 Å². The molecule has 7 nitrogen and oxygen atoms in total. The van der Waals surface area contributed by atoms with E-state index in [1.807, 2.05) is 0 Å². The van der Waals surface area contributed by atoms with Crippen molar-refractivity contribution >= 4 is 5.69 Å². The lowest BCUT2D eigenvalue weighted by atomic mass is 10.1. The Balaban J connectivity index is 2.48. The number of hydrogen-bond donors (Lipinski definition) is 1. The molecule has 1 N–H and O–H groups in total. The van der Waals surface area contributed by atoms with Gasteiger partial charge in [0.2, 0.25) is 5.82 Å². The Bertz CT molecular complexity index is 592. The van der Waals surface area contributed by atoms with Gasteiger partial charge in [-0.2, -0.15) is 4.98 Å². The minimum Gasteiger partial charge on any atom is -0.384 e. The summed E-state index contributed by atoms with van der Waals surface area (Å²) >= 11 is 0. The smallest absolute Gasteiger partial charge is 0.270 e. The zero-order valence-corrected chi connectivity index (χ0v) is 9.82. The molecule has 0 amide bonds. The van der Waals surface area contributed by atoms with Gasteiger partial charge in [-0.25, -0.2) is 0 Å². The number of aryl methyl sites for hydroxylation is 1. The second-order valence-corrected chi connectivity index (χ2v) is 3.89. The van der Waals surface area contributed by atoms with E-state index < -0.39 is 11.0 Å². The summed E-state index contributed by atoms with van der Waals surface area (Å²) in [6.45, 7) is 3.29. The minimum absolute atomic E-state index is 0.0426. The number of nitrogens with zero attached hydrogens (tertiary/aromatic N) is 3. The molecule has 1 heterocycles. The molecule has 2 rings (SSSR count). The molecule has 0 saturated carbocycles. The first-order valence-electron chi connectivity index (χ1n) is 5.26. The highest BCUT2D eigenvalue weighted by Gasteiger charge is 2.16. The van der Waals surface area contributed by atoms with Crippen molar-refractivity contribution in [3.05, 3.63) is 39.8 Å². The minimum atomic E-state index is -0.870. The summed E-state index contributed by atoms with van der Waals surface area (Å²) in [5.74, 6) is 0.308. The fraction of sp³-hybridized carbons (Fsp3) is 0.273. The molecule has 0 radical (unpaired) electrons. The average molecular weight is 249 g/mol. The van der Waals surface area contributed by atoms with Crippen LogP contribution in [0.5, 0.6) is 0 Å². The van der Waals surface area contributed by atoms with E-state index in [0.717, 1.165) is 5.56 Å². The van der Waals surface area contributed by atoms with Crippen LogP contribution in [-0.4, -0.2) is 20.2 Å². The molecule has 1 atom stereocenters. The van der Waals surface area contributed by atoms with Crippen molar-refractivity contribution in [1.82, 2.24) is 10.1 Å². The van der Waals surface area contributed by atoms with Gasteiger partial charge in [-0.1, -0.05) is 11.2 Å². The maximum absolute atomic E-state index is 10.7. The Hall–Kier alpha value is -2.28. The summed E-state index contributed by atoms with van der Waals surface area (Å²) in [7, 11) is 0. The normalized spacial score (nSPS) is 12.4. The van der Waals surface area contributed by atoms with Crippen LogP contribution < -0.4 is 0 Å². The molecule has 18 heavy (non-hydrogen) atoms. The van der Waals surface area contributed by atoms with E-state index in [2.05, 4.69) is 10.1 Å². The van der Waals surface area contributed by atoms with E-state index in [1.54, 1.807) is 13.0 Å². The fourth-order valence-corrected chi connectivity index (χ4v) is 1.48. The topological polar surface area (TPSA) is 102 Å². The molecular weight excluding hydrogens is 238 g/mol. The number of aromatic nitrogens is 2. The number of non-ortho nitro benzene ring substituents is 1.